The summed E-state index contributed by atoms with van der Waals surface area (Å²) >= 11 is 0. The van der Waals surface area contributed by atoms with E-state index >= 15 is 0 Å². The molecule has 31 heavy (non-hydrogen) atoms. The smallest absolute Gasteiger partial charge is 0.431 e. The van der Waals surface area contributed by atoms with E-state index in [1.54, 1.807) is 4.90 Å². The third-order valence-electron chi connectivity index (χ3n) is 4.95. The molecule has 2 aliphatic rings. The third kappa shape index (κ3) is 5.91. The summed E-state index contributed by atoms with van der Waals surface area (Å²) < 4.78 is 0. The standard InChI is InChI=1S/C19H16N3O.C7H7.Cd/c23-19-17(13-15-7-3-1-4-8-15)20-18-11-12-21(14-22(18)19)16-9-5-2-6-10-16;1-7-5-3-2-4-6-7;/h1-10H,12-14H2;3-6H,1H3;/q2*-1;+2. The van der Waals surface area contributed by atoms with Crippen molar-refractivity contribution in [2.24, 2.45) is 4.99 Å². The largest absolute Gasteiger partial charge is 2.00 e. The normalized spacial score (nSPS) is 14.5. The maximum Gasteiger partial charge on any atom is 2.00 e. The fourth-order valence-electron chi connectivity index (χ4n) is 3.33. The van der Waals surface area contributed by atoms with Gasteiger partial charge in [0, 0.05) is 12.1 Å². The van der Waals surface area contributed by atoms with E-state index in [9.17, 15) is 4.79 Å². The molecule has 0 fully saturated rings. The predicted molar refractivity (Wildman–Crippen MR) is 120 cm³/mol. The number of carbonyl (C=O) groups is 1. The zero-order valence-electron chi connectivity index (χ0n) is 17.7. The van der Waals surface area contributed by atoms with Crippen LogP contribution in [-0.4, -0.2) is 29.7 Å². The quantitative estimate of drug-likeness (QED) is 0.390. The first kappa shape index (κ1) is 22.9. The van der Waals surface area contributed by atoms with E-state index in [0.717, 1.165) is 11.3 Å². The molecule has 0 unspecified atom stereocenters. The number of anilines is 1. The molecule has 0 N–H and O–H groups in total. The van der Waals surface area contributed by atoms with Gasteiger partial charge in [-0.05, 0) is 23.5 Å². The topological polar surface area (TPSA) is 35.9 Å². The molecule has 0 radical (unpaired) electrons. The number of amides is 1. The number of hydrogen-bond acceptors (Lipinski definition) is 3. The van der Waals surface area contributed by atoms with Crippen molar-refractivity contribution < 1.29 is 32.1 Å². The Morgan fingerprint density at radius 3 is 2.19 bits per heavy atom. The van der Waals surface area contributed by atoms with Gasteiger partial charge in [-0.15, -0.1) is 6.54 Å². The summed E-state index contributed by atoms with van der Waals surface area (Å²) in [7, 11) is 0. The molecule has 1 amide bonds. The van der Waals surface area contributed by atoms with Crippen molar-refractivity contribution in [3.05, 3.63) is 114 Å². The number of para-hydroxylation sites is 1. The monoisotopic (exact) mass is 507 g/mol. The Kier molecular flexibility index (Phi) is 8.17. The minimum atomic E-state index is -0.0167. The number of aliphatic imine (C=N–C) groups is 1. The van der Waals surface area contributed by atoms with Gasteiger partial charge in [0.2, 0.25) is 0 Å². The fraction of sp³-hybridized carbons (Fsp3) is 0.154. The summed E-state index contributed by atoms with van der Waals surface area (Å²) in [6, 6.07) is 30.8. The minimum Gasteiger partial charge on any atom is -0.431 e. The van der Waals surface area contributed by atoms with Gasteiger partial charge < -0.3 is 15.9 Å². The Bertz CT molecular complexity index is 1050. The molecule has 0 aliphatic carbocycles. The maximum atomic E-state index is 12.6. The summed E-state index contributed by atoms with van der Waals surface area (Å²) in [6.45, 7) is 3.23. The molecule has 0 spiro atoms. The first-order chi connectivity index (χ1) is 14.7. The van der Waals surface area contributed by atoms with Crippen LogP contribution in [0, 0.1) is 19.1 Å². The average molecular weight is 506 g/mol. The molecule has 0 saturated heterocycles. The van der Waals surface area contributed by atoms with E-state index in [0.29, 0.717) is 31.2 Å². The first-order valence-electron chi connectivity index (χ1n) is 9.97. The van der Waals surface area contributed by atoms with Crippen LogP contribution < -0.4 is 4.90 Å². The number of nitrogens with zero attached hydrogens (tertiary/aromatic N) is 3. The van der Waals surface area contributed by atoms with Crippen molar-refractivity contribution in [1.82, 2.24) is 4.90 Å². The van der Waals surface area contributed by atoms with Gasteiger partial charge in [-0.25, -0.2) is 0 Å². The maximum absolute atomic E-state index is 12.6. The SMILES string of the molecule is Cc1cc[c-]cc1.O=C1C(Cc2ccccc2)=NC2=[C-]CN(c3ccccc3)CN12.[Cd+2]. The zero-order chi connectivity index (χ0) is 20.8. The number of rotatable bonds is 3. The second kappa shape index (κ2) is 11.0. The Labute approximate surface area is 204 Å². The van der Waals surface area contributed by atoms with Crippen molar-refractivity contribution >= 4 is 17.3 Å². The van der Waals surface area contributed by atoms with E-state index in [1.807, 2.05) is 84.9 Å². The molecule has 150 valence electrons. The summed E-state index contributed by atoms with van der Waals surface area (Å²) in [6.07, 6.45) is 3.80. The second-order valence-electron chi connectivity index (χ2n) is 7.21. The Balaban J connectivity index is 0.000000292. The van der Waals surface area contributed by atoms with Gasteiger partial charge in [0.15, 0.2) is 0 Å². The third-order valence-corrected chi connectivity index (χ3v) is 4.95. The van der Waals surface area contributed by atoms with Gasteiger partial charge >= 0.3 is 27.3 Å². The number of fused-ring (bicyclic) bond motifs is 1. The van der Waals surface area contributed by atoms with Gasteiger partial charge in [0.25, 0.3) is 5.91 Å². The number of carbonyl (C=O) groups excluding carboxylic acids is 1. The zero-order valence-corrected chi connectivity index (χ0v) is 21.7. The van der Waals surface area contributed by atoms with E-state index in [1.165, 1.54) is 5.56 Å². The van der Waals surface area contributed by atoms with E-state index in [-0.39, 0.29) is 33.2 Å². The molecular weight excluding hydrogens is 483 g/mol. The van der Waals surface area contributed by atoms with E-state index in [2.05, 4.69) is 29.0 Å². The molecular formula is C26H23CdN3O. The summed E-state index contributed by atoms with van der Waals surface area (Å²) in [5, 5.41) is 0. The number of aryl methyl sites for hydroxylation is 1. The van der Waals surface area contributed by atoms with Crippen LogP contribution in [0.4, 0.5) is 5.69 Å². The average Bonchev–Trinajstić information content (AvgIpc) is 3.11. The van der Waals surface area contributed by atoms with Crippen LogP contribution in [0.5, 0.6) is 0 Å². The van der Waals surface area contributed by atoms with Crippen LogP contribution >= 0.6 is 0 Å². The van der Waals surface area contributed by atoms with Crippen molar-refractivity contribution in [2.45, 2.75) is 13.3 Å². The molecule has 5 rings (SSSR count). The van der Waals surface area contributed by atoms with E-state index < -0.39 is 0 Å². The molecule has 3 aromatic carbocycles. The minimum absolute atomic E-state index is 0. The van der Waals surface area contributed by atoms with Crippen molar-refractivity contribution in [3.8, 4) is 0 Å². The van der Waals surface area contributed by atoms with Crippen LogP contribution in [0.3, 0.4) is 0 Å². The molecule has 0 bridgehead atoms. The van der Waals surface area contributed by atoms with Crippen LogP contribution in [0.1, 0.15) is 11.1 Å². The molecule has 3 aromatic rings. The number of benzene rings is 3. The summed E-state index contributed by atoms with van der Waals surface area (Å²) in [4.78, 5) is 20.9. The van der Waals surface area contributed by atoms with Crippen molar-refractivity contribution in [2.75, 3.05) is 18.1 Å². The molecule has 4 nitrogen and oxygen atoms in total. The van der Waals surface area contributed by atoms with Gasteiger partial charge in [0.05, 0.1) is 6.67 Å². The molecule has 2 aliphatic heterocycles. The number of hydrogen-bond donors (Lipinski definition) is 0. The van der Waals surface area contributed by atoms with Crippen LogP contribution in [0.15, 0.2) is 95.7 Å². The van der Waals surface area contributed by atoms with Crippen LogP contribution in [0.2, 0.25) is 0 Å². The van der Waals surface area contributed by atoms with Gasteiger partial charge in [0.1, 0.15) is 5.71 Å². The van der Waals surface area contributed by atoms with Crippen molar-refractivity contribution in [3.63, 3.8) is 0 Å². The fourth-order valence-corrected chi connectivity index (χ4v) is 3.33. The molecule has 2 heterocycles. The Morgan fingerprint density at radius 1 is 0.935 bits per heavy atom. The van der Waals surface area contributed by atoms with E-state index in [4.69, 9.17) is 0 Å². The molecule has 0 aromatic heterocycles. The van der Waals surface area contributed by atoms with Gasteiger partial charge in [-0.2, -0.15) is 35.9 Å². The van der Waals surface area contributed by atoms with Gasteiger partial charge in [-0.3, -0.25) is 9.79 Å². The van der Waals surface area contributed by atoms with Gasteiger partial charge in [-0.1, -0.05) is 55.5 Å². The van der Waals surface area contributed by atoms with Crippen LogP contribution in [0.25, 0.3) is 0 Å². The Hall–Kier alpha value is -2.74. The second-order valence-corrected chi connectivity index (χ2v) is 7.21. The first-order valence-corrected chi connectivity index (χ1v) is 9.97. The van der Waals surface area contributed by atoms with Crippen LogP contribution in [-0.2, 0) is 38.5 Å². The predicted octanol–water partition coefficient (Wildman–Crippen LogP) is 4.43. The summed E-state index contributed by atoms with van der Waals surface area (Å²) in [5.41, 5.74) is 4.07. The molecule has 5 heteroatoms. The summed E-state index contributed by atoms with van der Waals surface area (Å²) in [5.74, 6) is 0.644. The van der Waals surface area contributed by atoms with Crippen molar-refractivity contribution in [1.29, 1.82) is 0 Å². The molecule has 0 atom stereocenters. The molecule has 0 saturated carbocycles. The Morgan fingerprint density at radius 2 is 1.58 bits per heavy atom.